The van der Waals surface area contributed by atoms with Gasteiger partial charge >= 0.3 is 0 Å². The van der Waals surface area contributed by atoms with E-state index in [0.29, 0.717) is 11.1 Å². The Labute approximate surface area is 188 Å². The average molecular weight is 475 g/mol. The van der Waals surface area contributed by atoms with Gasteiger partial charge in [0, 0.05) is 18.6 Å². The molecule has 3 rings (SSSR count). The Hall–Kier alpha value is -1.85. The normalized spacial score (nSPS) is 28.0. The maximum absolute atomic E-state index is 14.4. The minimum atomic E-state index is -1.68. The van der Waals surface area contributed by atoms with Gasteiger partial charge in [-0.1, -0.05) is 29.8 Å². The van der Waals surface area contributed by atoms with Crippen molar-refractivity contribution in [1.29, 1.82) is 0 Å². The molecule has 5 atom stereocenters. The SMILES string of the molecule is COCC1(CO)O[C@@H](c2ccc(Cl)c(Cc3ccc(OC)c(F)c3F)c2)[C@H](O)C(O)[C@@H]1O. The molecule has 4 N–H and O–H groups in total. The van der Waals surface area contributed by atoms with E-state index < -0.39 is 48.3 Å². The number of hydrogen-bond donors (Lipinski definition) is 4. The van der Waals surface area contributed by atoms with Crippen molar-refractivity contribution in [3.63, 3.8) is 0 Å². The van der Waals surface area contributed by atoms with E-state index in [9.17, 15) is 29.2 Å². The first kappa shape index (κ1) is 24.8. The summed E-state index contributed by atoms with van der Waals surface area (Å²) in [6.07, 6.45) is -6.02. The van der Waals surface area contributed by atoms with E-state index in [1.165, 1.54) is 44.6 Å². The van der Waals surface area contributed by atoms with E-state index >= 15 is 0 Å². The van der Waals surface area contributed by atoms with Gasteiger partial charge < -0.3 is 34.6 Å². The summed E-state index contributed by atoms with van der Waals surface area (Å²) in [5.41, 5.74) is -0.883. The zero-order valence-electron chi connectivity index (χ0n) is 17.5. The lowest BCUT2D eigenvalue weighted by molar-refractivity contribution is -0.291. The first-order chi connectivity index (χ1) is 15.2. The van der Waals surface area contributed by atoms with E-state index in [-0.39, 0.29) is 29.4 Å². The minimum absolute atomic E-state index is 0.0343. The van der Waals surface area contributed by atoms with Crippen molar-refractivity contribution in [1.82, 2.24) is 0 Å². The van der Waals surface area contributed by atoms with Gasteiger partial charge in [0.25, 0.3) is 0 Å². The average Bonchev–Trinajstić information content (AvgIpc) is 2.79. The molecule has 0 aliphatic carbocycles. The number of aliphatic hydroxyl groups excluding tert-OH is 4. The number of aliphatic hydroxyl groups is 4. The van der Waals surface area contributed by atoms with Gasteiger partial charge in [0.2, 0.25) is 5.82 Å². The van der Waals surface area contributed by atoms with Crippen LogP contribution in [0.25, 0.3) is 0 Å². The molecule has 0 radical (unpaired) electrons. The van der Waals surface area contributed by atoms with Crippen LogP contribution in [-0.4, -0.2) is 71.8 Å². The number of halogens is 3. The molecule has 32 heavy (non-hydrogen) atoms. The molecule has 1 heterocycles. The molecule has 0 amide bonds. The molecular formula is C22H25ClF2O7. The smallest absolute Gasteiger partial charge is 0.200 e. The summed E-state index contributed by atoms with van der Waals surface area (Å²) in [5.74, 6) is -2.42. The van der Waals surface area contributed by atoms with Gasteiger partial charge in [0.15, 0.2) is 11.6 Å². The fourth-order valence-electron chi connectivity index (χ4n) is 3.85. The van der Waals surface area contributed by atoms with Crippen molar-refractivity contribution in [3.8, 4) is 5.75 Å². The summed E-state index contributed by atoms with van der Waals surface area (Å²) in [4.78, 5) is 0. The Morgan fingerprint density at radius 3 is 2.38 bits per heavy atom. The van der Waals surface area contributed by atoms with E-state index in [2.05, 4.69) is 0 Å². The van der Waals surface area contributed by atoms with Crippen LogP contribution in [0.4, 0.5) is 8.78 Å². The summed E-state index contributed by atoms with van der Waals surface area (Å²) in [6, 6.07) is 7.23. The second-order valence-electron chi connectivity index (χ2n) is 7.70. The maximum Gasteiger partial charge on any atom is 0.200 e. The molecule has 1 fully saturated rings. The third-order valence-electron chi connectivity index (χ3n) is 5.67. The zero-order chi connectivity index (χ0) is 23.6. The molecule has 0 bridgehead atoms. The molecule has 0 aromatic heterocycles. The third kappa shape index (κ3) is 4.47. The zero-order valence-corrected chi connectivity index (χ0v) is 18.2. The van der Waals surface area contributed by atoms with Gasteiger partial charge in [-0.2, -0.15) is 4.39 Å². The molecule has 0 spiro atoms. The highest BCUT2D eigenvalue weighted by Crippen LogP contribution is 2.39. The predicted octanol–water partition coefficient (Wildman–Crippen LogP) is 1.75. The van der Waals surface area contributed by atoms with E-state index in [1.807, 2.05) is 0 Å². The van der Waals surface area contributed by atoms with Gasteiger partial charge in [-0.3, -0.25) is 0 Å². The van der Waals surface area contributed by atoms with Gasteiger partial charge in [0.1, 0.15) is 30.0 Å². The summed E-state index contributed by atoms with van der Waals surface area (Å²) in [5, 5.41) is 41.4. The lowest BCUT2D eigenvalue weighted by Gasteiger charge is -2.48. The molecular weight excluding hydrogens is 450 g/mol. The van der Waals surface area contributed by atoms with Gasteiger partial charge in [0.05, 0.1) is 20.3 Å². The lowest BCUT2D eigenvalue weighted by Crippen LogP contribution is -2.65. The van der Waals surface area contributed by atoms with Crippen LogP contribution in [0, 0.1) is 11.6 Å². The fraction of sp³-hybridized carbons (Fsp3) is 0.455. The van der Waals surface area contributed by atoms with E-state index in [4.69, 9.17) is 25.8 Å². The number of rotatable bonds is 7. The Balaban J connectivity index is 1.96. The Morgan fingerprint density at radius 2 is 1.75 bits per heavy atom. The maximum atomic E-state index is 14.4. The summed E-state index contributed by atoms with van der Waals surface area (Å²) >= 11 is 6.26. The van der Waals surface area contributed by atoms with Crippen LogP contribution in [-0.2, 0) is 15.9 Å². The summed E-state index contributed by atoms with van der Waals surface area (Å²) < 4.78 is 44.2. The van der Waals surface area contributed by atoms with Crippen LogP contribution in [0.3, 0.4) is 0 Å². The van der Waals surface area contributed by atoms with Crippen molar-refractivity contribution in [3.05, 3.63) is 63.7 Å². The van der Waals surface area contributed by atoms with Crippen LogP contribution < -0.4 is 4.74 Å². The largest absolute Gasteiger partial charge is 0.494 e. The van der Waals surface area contributed by atoms with Crippen molar-refractivity contribution in [2.24, 2.45) is 0 Å². The third-order valence-corrected chi connectivity index (χ3v) is 6.04. The molecule has 0 saturated carbocycles. The van der Waals surface area contributed by atoms with Gasteiger partial charge in [-0.05, 0) is 28.8 Å². The molecule has 1 saturated heterocycles. The van der Waals surface area contributed by atoms with Crippen LogP contribution in [0.15, 0.2) is 30.3 Å². The van der Waals surface area contributed by atoms with Crippen molar-refractivity contribution >= 4 is 11.6 Å². The highest BCUT2D eigenvalue weighted by molar-refractivity contribution is 6.31. The first-order valence-electron chi connectivity index (χ1n) is 9.80. The van der Waals surface area contributed by atoms with Crippen LogP contribution in [0.2, 0.25) is 5.02 Å². The van der Waals surface area contributed by atoms with Crippen LogP contribution in [0.5, 0.6) is 5.75 Å². The van der Waals surface area contributed by atoms with Crippen molar-refractivity contribution in [2.75, 3.05) is 27.4 Å². The second kappa shape index (κ2) is 9.96. The van der Waals surface area contributed by atoms with Gasteiger partial charge in [-0.15, -0.1) is 0 Å². The first-order valence-corrected chi connectivity index (χ1v) is 10.2. The predicted molar refractivity (Wildman–Crippen MR) is 111 cm³/mol. The topological polar surface area (TPSA) is 109 Å². The van der Waals surface area contributed by atoms with Gasteiger partial charge in [-0.25, -0.2) is 4.39 Å². The summed E-state index contributed by atoms with van der Waals surface area (Å²) in [7, 11) is 2.57. The number of ether oxygens (including phenoxy) is 3. The van der Waals surface area contributed by atoms with E-state index in [0.717, 1.165) is 0 Å². The minimum Gasteiger partial charge on any atom is -0.494 e. The van der Waals surface area contributed by atoms with E-state index in [1.54, 1.807) is 0 Å². The lowest BCUT2D eigenvalue weighted by atomic mass is 9.83. The number of hydrogen-bond acceptors (Lipinski definition) is 7. The highest BCUT2D eigenvalue weighted by atomic mass is 35.5. The highest BCUT2D eigenvalue weighted by Gasteiger charge is 2.53. The second-order valence-corrected chi connectivity index (χ2v) is 8.11. The molecule has 2 aromatic carbocycles. The molecule has 2 unspecified atom stereocenters. The Kier molecular flexibility index (Phi) is 7.72. The number of methoxy groups -OCH3 is 2. The fourth-order valence-corrected chi connectivity index (χ4v) is 4.04. The monoisotopic (exact) mass is 474 g/mol. The standard InChI is InChI=1S/C22H25ClF2O7/c1-30-10-22(9-26)21(29)19(28)18(27)20(32-22)12-3-5-14(23)13(8-12)7-11-4-6-15(31-2)17(25)16(11)24/h3-6,8,18-21,26-29H,7,9-10H2,1-2H3/t18-,19?,20+,21+,22?/m1/s1. The molecule has 7 nitrogen and oxygen atoms in total. The Bertz CT molecular complexity index is 960. The van der Waals surface area contributed by atoms with Crippen LogP contribution >= 0.6 is 11.6 Å². The van der Waals surface area contributed by atoms with Crippen molar-refractivity contribution in [2.45, 2.75) is 36.4 Å². The van der Waals surface area contributed by atoms with Crippen molar-refractivity contribution < 1.29 is 43.4 Å². The molecule has 2 aromatic rings. The molecule has 1 aliphatic heterocycles. The molecule has 10 heteroatoms. The number of benzene rings is 2. The Morgan fingerprint density at radius 1 is 1.03 bits per heavy atom. The summed E-state index contributed by atoms with van der Waals surface area (Å²) in [6.45, 7) is -0.930. The molecule has 1 aliphatic rings. The van der Waals surface area contributed by atoms with Crippen LogP contribution in [0.1, 0.15) is 22.8 Å². The quantitative estimate of drug-likeness (QED) is 0.484. The molecule has 176 valence electrons.